The fourth-order valence-electron chi connectivity index (χ4n) is 1.98. The van der Waals surface area contributed by atoms with Crippen molar-refractivity contribution in [1.82, 2.24) is 5.32 Å². The molecule has 2 rings (SSSR count). The lowest BCUT2D eigenvalue weighted by Crippen LogP contribution is -2.60. The molecular formula is C13H19NO. The second-order valence-electron chi connectivity index (χ2n) is 4.90. The van der Waals surface area contributed by atoms with E-state index < -0.39 is 5.60 Å². The lowest BCUT2D eigenvalue weighted by Gasteiger charge is -2.37. The molecule has 0 unspecified atom stereocenters. The van der Waals surface area contributed by atoms with E-state index in [9.17, 15) is 5.11 Å². The number of rotatable bonds is 3. The van der Waals surface area contributed by atoms with Crippen molar-refractivity contribution in [2.45, 2.75) is 31.8 Å². The highest BCUT2D eigenvalue weighted by Crippen LogP contribution is 2.21. The lowest BCUT2D eigenvalue weighted by molar-refractivity contribution is -0.00903. The van der Waals surface area contributed by atoms with E-state index in [4.69, 9.17) is 0 Å². The number of β-amino-alcohol motifs (C(OH)–C–C–N with tert-alkyl or cyclic N) is 1. The predicted octanol–water partition coefficient (Wildman–Crippen LogP) is 1.69. The molecule has 0 saturated carbocycles. The maximum absolute atomic E-state index is 10.0. The molecule has 1 aliphatic rings. The summed E-state index contributed by atoms with van der Waals surface area (Å²) in [5.41, 5.74) is 2.09. The van der Waals surface area contributed by atoms with Crippen LogP contribution < -0.4 is 5.32 Å². The monoisotopic (exact) mass is 205 g/mol. The molecule has 2 N–H and O–H groups in total. The van der Waals surface area contributed by atoms with Crippen LogP contribution in [0.5, 0.6) is 0 Å². The van der Waals surface area contributed by atoms with E-state index in [2.05, 4.69) is 43.4 Å². The van der Waals surface area contributed by atoms with Crippen LogP contribution >= 0.6 is 0 Å². The molecule has 0 bridgehead atoms. The maximum Gasteiger partial charge on any atom is 0.0935 e. The van der Waals surface area contributed by atoms with Crippen LogP contribution in [-0.2, 0) is 6.42 Å². The normalized spacial score (nSPS) is 18.9. The first-order valence-corrected chi connectivity index (χ1v) is 5.61. The average Bonchev–Trinajstić information content (AvgIpc) is 2.16. The number of benzene rings is 1. The van der Waals surface area contributed by atoms with Gasteiger partial charge in [0.05, 0.1) is 5.60 Å². The van der Waals surface area contributed by atoms with Gasteiger partial charge >= 0.3 is 0 Å². The Balaban J connectivity index is 2.11. The summed E-state index contributed by atoms with van der Waals surface area (Å²) in [6.45, 7) is 5.83. The van der Waals surface area contributed by atoms with E-state index in [0.717, 1.165) is 19.5 Å². The van der Waals surface area contributed by atoms with Crippen LogP contribution in [0.1, 0.15) is 30.9 Å². The largest absolute Gasteiger partial charge is 0.387 e. The average molecular weight is 205 g/mol. The molecule has 0 amide bonds. The Kier molecular flexibility index (Phi) is 2.81. The first-order chi connectivity index (χ1) is 7.09. The summed E-state index contributed by atoms with van der Waals surface area (Å²) in [5.74, 6) is 0.555. The molecule has 82 valence electrons. The van der Waals surface area contributed by atoms with Crippen LogP contribution in [0.25, 0.3) is 0 Å². The van der Waals surface area contributed by atoms with Gasteiger partial charge in [-0.3, -0.25) is 0 Å². The van der Waals surface area contributed by atoms with Gasteiger partial charge in [-0.1, -0.05) is 38.1 Å². The highest BCUT2D eigenvalue weighted by Gasteiger charge is 2.34. The molecule has 1 aromatic carbocycles. The Morgan fingerprint density at radius 1 is 1.40 bits per heavy atom. The van der Waals surface area contributed by atoms with Gasteiger partial charge in [-0.2, -0.15) is 0 Å². The van der Waals surface area contributed by atoms with Gasteiger partial charge in [0.2, 0.25) is 0 Å². The lowest BCUT2D eigenvalue weighted by atomic mass is 9.88. The van der Waals surface area contributed by atoms with E-state index >= 15 is 0 Å². The summed E-state index contributed by atoms with van der Waals surface area (Å²) in [6, 6.07) is 8.54. The number of nitrogens with one attached hydrogen (secondary N) is 1. The van der Waals surface area contributed by atoms with Crippen molar-refractivity contribution in [3.8, 4) is 0 Å². The van der Waals surface area contributed by atoms with Gasteiger partial charge in [-0.15, -0.1) is 0 Å². The number of hydrogen-bond donors (Lipinski definition) is 2. The standard InChI is InChI=1S/C13H19NO/c1-10(2)12-5-3-4-11(6-12)7-13(15)8-14-9-13/h3-6,10,14-15H,7-9H2,1-2H3. The van der Waals surface area contributed by atoms with Crippen molar-refractivity contribution in [3.63, 3.8) is 0 Å². The van der Waals surface area contributed by atoms with Crippen molar-refractivity contribution >= 4 is 0 Å². The van der Waals surface area contributed by atoms with Crippen LogP contribution in [0.3, 0.4) is 0 Å². The van der Waals surface area contributed by atoms with Gasteiger partial charge in [0, 0.05) is 19.5 Å². The summed E-state index contributed by atoms with van der Waals surface area (Å²) >= 11 is 0. The quantitative estimate of drug-likeness (QED) is 0.787. The fourth-order valence-corrected chi connectivity index (χ4v) is 1.98. The third-order valence-corrected chi connectivity index (χ3v) is 3.06. The zero-order valence-electron chi connectivity index (χ0n) is 9.46. The number of hydrogen-bond acceptors (Lipinski definition) is 2. The predicted molar refractivity (Wildman–Crippen MR) is 62.1 cm³/mol. The molecule has 0 radical (unpaired) electrons. The molecule has 2 heteroatoms. The van der Waals surface area contributed by atoms with Crippen LogP contribution in [0.2, 0.25) is 0 Å². The SMILES string of the molecule is CC(C)c1cccc(CC2(O)CNC2)c1. The van der Waals surface area contributed by atoms with Crippen molar-refractivity contribution in [2.24, 2.45) is 0 Å². The molecule has 2 nitrogen and oxygen atoms in total. The van der Waals surface area contributed by atoms with Crippen molar-refractivity contribution in [3.05, 3.63) is 35.4 Å². The third kappa shape index (κ3) is 2.39. The number of aliphatic hydroxyl groups is 1. The van der Waals surface area contributed by atoms with Crippen LogP contribution in [0.15, 0.2) is 24.3 Å². The minimum atomic E-state index is -0.504. The Hall–Kier alpha value is -0.860. The third-order valence-electron chi connectivity index (χ3n) is 3.06. The zero-order chi connectivity index (χ0) is 10.9. The second kappa shape index (κ2) is 3.95. The maximum atomic E-state index is 10.0. The fraction of sp³-hybridized carbons (Fsp3) is 0.538. The van der Waals surface area contributed by atoms with Gasteiger partial charge in [0.25, 0.3) is 0 Å². The Labute approximate surface area is 91.3 Å². The minimum Gasteiger partial charge on any atom is -0.387 e. The summed E-state index contributed by atoms with van der Waals surface area (Å²) in [5, 5.41) is 13.1. The highest BCUT2D eigenvalue weighted by atomic mass is 16.3. The molecule has 1 aromatic rings. The molecule has 1 heterocycles. The van der Waals surface area contributed by atoms with Gasteiger partial charge in [-0.25, -0.2) is 0 Å². The Morgan fingerprint density at radius 3 is 2.67 bits per heavy atom. The molecule has 1 aliphatic heterocycles. The smallest absolute Gasteiger partial charge is 0.0935 e. The molecule has 0 atom stereocenters. The van der Waals surface area contributed by atoms with E-state index in [1.165, 1.54) is 11.1 Å². The molecule has 15 heavy (non-hydrogen) atoms. The molecular weight excluding hydrogens is 186 g/mol. The second-order valence-corrected chi connectivity index (χ2v) is 4.90. The molecule has 0 spiro atoms. The molecule has 0 aromatic heterocycles. The first-order valence-electron chi connectivity index (χ1n) is 5.61. The first kappa shape index (κ1) is 10.7. The Bertz CT molecular complexity index is 342. The van der Waals surface area contributed by atoms with Gasteiger partial charge < -0.3 is 10.4 Å². The van der Waals surface area contributed by atoms with E-state index in [-0.39, 0.29) is 0 Å². The zero-order valence-corrected chi connectivity index (χ0v) is 9.46. The van der Waals surface area contributed by atoms with Gasteiger partial charge in [0.1, 0.15) is 0 Å². The summed E-state index contributed by atoms with van der Waals surface area (Å²) in [6.07, 6.45) is 0.764. The Morgan fingerprint density at radius 2 is 2.13 bits per heavy atom. The summed E-state index contributed by atoms with van der Waals surface area (Å²) in [4.78, 5) is 0. The van der Waals surface area contributed by atoms with E-state index in [1.54, 1.807) is 0 Å². The van der Waals surface area contributed by atoms with Crippen LogP contribution in [0, 0.1) is 0 Å². The minimum absolute atomic E-state index is 0.504. The molecule has 1 fully saturated rings. The molecule has 1 saturated heterocycles. The molecule has 0 aliphatic carbocycles. The van der Waals surface area contributed by atoms with Crippen molar-refractivity contribution in [2.75, 3.05) is 13.1 Å². The van der Waals surface area contributed by atoms with Gasteiger partial charge in [-0.05, 0) is 17.0 Å². The van der Waals surface area contributed by atoms with E-state index in [1.807, 2.05) is 0 Å². The highest BCUT2D eigenvalue weighted by molar-refractivity contribution is 5.27. The summed E-state index contributed by atoms with van der Waals surface area (Å²) in [7, 11) is 0. The van der Waals surface area contributed by atoms with Crippen molar-refractivity contribution in [1.29, 1.82) is 0 Å². The van der Waals surface area contributed by atoms with Gasteiger partial charge in [0.15, 0.2) is 0 Å². The topological polar surface area (TPSA) is 32.3 Å². The van der Waals surface area contributed by atoms with Crippen molar-refractivity contribution < 1.29 is 5.11 Å². The summed E-state index contributed by atoms with van der Waals surface area (Å²) < 4.78 is 0. The van der Waals surface area contributed by atoms with E-state index in [0.29, 0.717) is 5.92 Å². The van der Waals surface area contributed by atoms with Crippen LogP contribution in [-0.4, -0.2) is 23.8 Å². The van der Waals surface area contributed by atoms with Crippen LogP contribution in [0.4, 0.5) is 0 Å².